The lowest BCUT2D eigenvalue weighted by Gasteiger charge is -2.34. The molecule has 0 saturated carbocycles. The SMILES string of the molecule is COc1ccc(Cn2nc(N[C@@H]3CCCN(C(=O)OC(C)(C)C)C3)c3c(Oc4ccc(C(=O)Nc5cc(C)n(C)n5)cc4)ccnc32)cc1. The Morgan fingerprint density at radius 3 is 2.41 bits per heavy atom. The Morgan fingerprint density at radius 1 is 1.00 bits per heavy atom. The molecule has 4 heterocycles. The molecule has 2 aromatic carbocycles. The third kappa shape index (κ3) is 7.94. The van der Waals surface area contributed by atoms with Crippen molar-refractivity contribution in [3.63, 3.8) is 0 Å². The third-order valence-corrected chi connectivity index (χ3v) is 8.20. The van der Waals surface area contributed by atoms with E-state index in [1.165, 1.54) is 0 Å². The number of carbonyl (C=O) groups is 2. The number of piperidine rings is 1. The second-order valence-electron chi connectivity index (χ2n) is 13.1. The maximum atomic E-state index is 12.9. The van der Waals surface area contributed by atoms with E-state index in [0.29, 0.717) is 59.4 Å². The second-order valence-corrected chi connectivity index (χ2v) is 13.1. The Bertz CT molecular complexity index is 1920. The van der Waals surface area contributed by atoms with E-state index in [9.17, 15) is 9.59 Å². The summed E-state index contributed by atoms with van der Waals surface area (Å²) in [6.45, 7) is 9.09. The number of hydrogen-bond donors (Lipinski definition) is 2. The van der Waals surface area contributed by atoms with Crippen LogP contribution in [0.1, 0.15) is 55.2 Å². The van der Waals surface area contributed by atoms with Crippen LogP contribution in [0.15, 0.2) is 66.9 Å². The van der Waals surface area contributed by atoms with Crippen molar-refractivity contribution in [2.24, 2.45) is 7.05 Å². The molecule has 13 heteroatoms. The van der Waals surface area contributed by atoms with Crippen molar-refractivity contribution in [2.45, 2.75) is 58.7 Å². The number of fused-ring (bicyclic) bond motifs is 1. The fourth-order valence-corrected chi connectivity index (χ4v) is 5.66. The van der Waals surface area contributed by atoms with E-state index < -0.39 is 5.60 Å². The van der Waals surface area contributed by atoms with Gasteiger partial charge in [0.25, 0.3) is 5.91 Å². The van der Waals surface area contributed by atoms with Crippen molar-refractivity contribution in [1.29, 1.82) is 0 Å². The van der Waals surface area contributed by atoms with Crippen LogP contribution in [0.2, 0.25) is 0 Å². The van der Waals surface area contributed by atoms with Crippen LogP contribution >= 0.6 is 0 Å². The highest BCUT2D eigenvalue weighted by molar-refractivity contribution is 6.03. The Kier molecular flexibility index (Phi) is 9.43. The number of aryl methyl sites for hydroxylation is 2. The molecule has 1 atom stereocenters. The quantitative estimate of drug-likeness (QED) is 0.183. The predicted octanol–water partition coefficient (Wildman–Crippen LogP) is 6.39. The van der Waals surface area contributed by atoms with Gasteiger partial charge in [0.15, 0.2) is 17.3 Å². The van der Waals surface area contributed by atoms with Crippen molar-refractivity contribution in [1.82, 2.24) is 29.4 Å². The second kappa shape index (κ2) is 13.9. The predicted molar refractivity (Wildman–Crippen MR) is 186 cm³/mol. The highest BCUT2D eigenvalue weighted by atomic mass is 16.6. The molecule has 49 heavy (non-hydrogen) atoms. The minimum Gasteiger partial charge on any atom is -0.497 e. The van der Waals surface area contributed by atoms with Crippen molar-refractivity contribution in [3.8, 4) is 17.2 Å². The number of ether oxygens (including phenoxy) is 3. The number of likely N-dealkylation sites (tertiary alicyclic amines) is 1. The summed E-state index contributed by atoms with van der Waals surface area (Å²) in [5.41, 5.74) is 2.49. The molecule has 3 aromatic heterocycles. The zero-order valence-corrected chi connectivity index (χ0v) is 28.7. The molecule has 1 aliphatic rings. The molecule has 0 bridgehead atoms. The van der Waals surface area contributed by atoms with E-state index in [4.69, 9.17) is 24.3 Å². The highest BCUT2D eigenvalue weighted by Crippen LogP contribution is 2.35. The van der Waals surface area contributed by atoms with Gasteiger partial charge in [0.2, 0.25) is 0 Å². The van der Waals surface area contributed by atoms with Crippen LogP contribution in [0, 0.1) is 6.92 Å². The maximum absolute atomic E-state index is 12.9. The normalized spacial score (nSPS) is 14.8. The average Bonchev–Trinajstić information content (AvgIpc) is 3.58. The van der Waals surface area contributed by atoms with Gasteiger partial charge < -0.3 is 29.7 Å². The minimum absolute atomic E-state index is 0.0671. The van der Waals surface area contributed by atoms with Gasteiger partial charge in [0, 0.05) is 55.8 Å². The molecule has 0 radical (unpaired) electrons. The fourth-order valence-electron chi connectivity index (χ4n) is 5.66. The number of carbonyl (C=O) groups excluding carboxylic acids is 2. The van der Waals surface area contributed by atoms with Crippen molar-refractivity contribution in [3.05, 3.63) is 83.7 Å². The summed E-state index contributed by atoms with van der Waals surface area (Å²) in [7, 11) is 3.46. The van der Waals surface area contributed by atoms with Gasteiger partial charge in [-0.3, -0.25) is 9.48 Å². The van der Waals surface area contributed by atoms with Gasteiger partial charge in [-0.05, 0) is 82.5 Å². The van der Waals surface area contributed by atoms with Crippen molar-refractivity contribution >= 4 is 34.7 Å². The van der Waals surface area contributed by atoms with E-state index in [1.54, 1.807) is 53.2 Å². The molecule has 1 fully saturated rings. The van der Waals surface area contributed by atoms with Crippen LogP contribution in [0.25, 0.3) is 11.0 Å². The summed E-state index contributed by atoms with van der Waals surface area (Å²) >= 11 is 0. The summed E-state index contributed by atoms with van der Waals surface area (Å²) in [4.78, 5) is 32.2. The van der Waals surface area contributed by atoms with Crippen LogP contribution in [-0.2, 0) is 18.3 Å². The number of nitrogens with one attached hydrogen (secondary N) is 2. The van der Waals surface area contributed by atoms with Gasteiger partial charge in [0.05, 0.1) is 13.7 Å². The number of benzene rings is 2. The number of rotatable bonds is 9. The van der Waals surface area contributed by atoms with E-state index in [1.807, 2.05) is 69.8 Å². The summed E-state index contributed by atoms with van der Waals surface area (Å²) in [6.07, 6.45) is 3.04. The van der Waals surface area contributed by atoms with E-state index >= 15 is 0 Å². The lowest BCUT2D eigenvalue weighted by molar-refractivity contribution is 0.0206. The number of nitrogens with zero attached hydrogens (tertiary/aromatic N) is 6. The van der Waals surface area contributed by atoms with Crippen LogP contribution in [0.5, 0.6) is 17.2 Å². The van der Waals surface area contributed by atoms with Crippen molar-refractivity contribution < 1.29 is 23.8 Å². The van der Waals surface area contributed by atoms with Crippen LogP contribution < -0.4 is 20.1 Å². The topological polar surface area (TPSA) is 138 Å². The van der Waals surface area contributed by atoms with Crippen LogP contribution in [0.3, 0.4) is 0 Å². The summed E-state index contributed by atoms with van der Waals surface area (Å²) in [6, 6.07) is 18.3. The van der Waals surface area contributed by atoms with Crippen molar-refractivity contribution in [2.75, 3.05) is 30.8 Å². The zero-order chi connectivity index (χ0) is 34.7. The molecule has 0 spiro atoms. The van der Waals surface area contributed by atoms with Crippen LogP contribution in [0.4, 0.5) is 16.4 Å². The molecule has 1 saturated heterocycles. The molecule has 0 unspecified atom stereocenters. The number of aromatic nitrogens is 5. The first kappa shape index (κ1) is 33.3. The molecule has 1 aliphatic heterocycles. The first-order valence-electron chi connectivity index (χ1n) is 16.3. The van der Waals surface area contributed by atoms with Gasteiger partial charge >= 0.3 is 6.09 Å². The van der Waals surface area contributed by atoms with E-state index in [0.717, 1.165) is 29.8 Å². The zero-order valence-electron chi connectivity index (χ0n) is 28.7. The smallest absolute Gasteiger partial charge is 0.410 e. The molecule has 2 N–H and O–H groups in total. The number of methoxy groups -OCH3 is 1. The minimum atomic E-state index is -0.577. The number of hydrogen-bond acceptors (Lipinski definition) is 9. The average molecular weight is 667 g/mol. The van der Waals surface area contributed by atoms with Gasteiger partial charge in [-0.15, -0.1) is 0 Å². The molecule has 2 amide bonds. The third-order valence-electron chi connectivity index (χ3n) is 8.20. The Morgan fingerprint density at radius 2 is 1.73 bits per heavy atom. The standard InChI is InChI=1S/C36H42N8O5/c1-23-20-30(40-42(23)5)39-34(45)25-11-15-28(16-12-25)48-29-17-18-37-33-31(29)32(41-44(33)21-24-9-13-27(47-6)14-10-24)38-26-8-7-19-43(22-26)35(46)49-36(2,3)4/h9-18,20,26H,7-8,19,21-22H2,1-6H3,(H,38,41)(H,39,40,45)/t26-/m1/s1. The maximum Gasteiger partial charge on any atom is 0.410 e. The summed E-state index contributed by atoms with van der Waals surface area (Å²) in [5.74, 6) is 2.69. The lowest BCUT2D eigenvalue weighted by Crippen LogP contribution is -2.47. The Balaban J connectivity index is 1.27. The molecular formula is C36H42N8O5. The van der Waals surface area contributed by atoms with E-state index in [-0.39, 0.29) is 18.0 Å². The van der Waals surface area contributed by atoms with Crippen LogP contribution in [-0.4, -0.2) is 73.3 Å². The van der Waals surface area contributed by atoms with Gasteiger partial charge in [-0.25, -0.2) is 14.5 Å². The molecule has 5 aromatic rings. The van der Waals surface area contributed by atoms with E-state index in [2.05, 4.69) is 15.7 Å². The van der Waals surface area contributed by atoms with Gasteiger partial charge in [0.1, 0.15) is 28.2 Å². The molecular weight excluding hydrogens is 624 g/mol. The number of pyridine rings is 1. The summed E-state index contributed by atoms with van der Waals surface area (Å²) in [5, 5.41) is 16.4. The largest absolute Gasteiger partial charge is 0.497 e. The molecule has 6 rings (SSSR count). The lowest BCUT2D eigenvalue weighted by atomic mass is 10.1. The highest BCUT2D eigenvalue weighted by Gasteiger charge is 2.29. The fraction of sp³-hybridized carbons (Fsp3) is 0.361. The summed E-state index contributed by atoms with van der Waals surface area (Å²) < 4.78 is 20.9. The van der Waals surface area contributed by atoms with Gasteiger partial charge in [-0.2, -0.15) is 10.2 Å². The van der Waals surface area contributed by atoms with Gasteiger partial charge in [-0.1, -0.05) is 12.1 Å². The molecule has 0 aliphatic carbocycles. The monoisotopic (exact) mass is 666 g/mol. The molecule has 13 nitrogen and oxygen atoms in total. The number of anilines is 2. The Hall–Kier alpha value is -5.59. The first-order chi connectivity index (χ1) is 23.5. The number of amides is 2. The first-order valence-corrected chi connectivity index (χ1v) is 16.3. The Labute approximate surface area is 285 Å². The molecule has 256 valence electrons.